The van der Waals surface area contributed by atoms with E-state index in [1.54, 1.807) is 0 Å². The quantitative estimate of drug-likeness (QED) is 0.590. The molecule has 0 bridgehead atoms. The molecule has 0 spiro atoms. The van der Waals surface area contributed by atoms with Crippen LogP contribution in [0.5, 0.6) is 5.75 Å². The molecule has 1 unspecified atom stereocenters. The van der Waals surface area contributed by atoms with Crippen molar-refractivity contribution in [3.05, 3.63) is 42.5 Å². The van der Waals surface area contributed by atoms with Crippen LogP contribution >= 0.6 is 0 Å². The van der Waals surface area contributed by atoms with E-state index in [0.29, 0.717) is 13.2 Å². The van der Waals surface area contributed by atoms with Crippen molar-refractivity contribution >= 4 is 10.8 Å². The van der Waals surface area contributed by atoms with E-state index in [-0.39, 0.29) is 0 Å². The maximum Gasteiger partial charge on any atom is 0.127 e. The van der Waals surface area contributed by atoms with Gasteiger partial charge in [-0.15, -0.1) is 0 Å². The molecule has 154 valence electrons. The normalized spacial score (nSPS) is 17.1. The van der Waals surface area contributed by atoms with Crippen molar-refractivity contribution in [2.24, 2.45) is 0 Å². The molecule has 0 saturated carbocycles. The number of piperazine rings is 1. The zero-order valence-electron chi connectivity index (χ0n) is 17.4. The third kappa shape index (κ3) is 6.47. The van der Waals surface area contributed by atoms with Gasteiger partial charge in [0.25, 0.3) is 0 Å². The summed E-state index contributed by atoms with van der Waals surface area (Å²) in [4.78, 5) is 4.94. The first-order chi connectivity index (χ1) is 13.8. The zero-order chi connectivity index (χ0) is 19.6. The fourth-order valence-corrected chi connectivity index (χ4v) is 3.99. The van der Waals surface area contributed by atoms with Gasteiger partial charge in [0.15, 0.2) is 0 Å². The predicted octanol–water partition coefficient (Wildman–Crippen LogP) is 4.17. The first kappa shape index (κ1) is 21.1. The van der Waals surface area contributed by atoms with E-state index in [9.17, 15) is 5.11 Å². The second-order valence-electron chi connectivity index (χ2n) is 8.00. The Morgan fingerprint density at radius 3 is 2.43 bits per heavy atom. The number of unbranched alkanes of at least 4 members (excludes halogenated alkanes) is 4. The Hall–Kier alpha value is -1.62. The predicted molar refractivity (Wildman–Crippen MR) is 117 cm³/mol. The average Bonchev–Trinajstić information content (AvgIpc) is 2.73. The first-order valence-corrected chi connectivity index (χ1v) is 11.0. The summed E-state index contributed by atoms with van der Waals surface area (Å²) in [5.41, 5.74) is 0. The maximum absolute atomic E-state index is 10.4. The second-order valence-corrected chi connectivity index (χ2v) is 8.00. The summed E-state index contributed by atoms with van der Waals surface area (Å²) in [7, 11) is 0. The summed E-state index contributed by atoms with van der Waals surface area (Å²) in [6, 6.07) is 14.3. The Kier molecular flexibility index (Phi) is 8.59. The first-order valence-electron chi connectivity index (χ1n) is 11.0. The summed E-state index contributed by atoms with van der Waals surface area (Å²) in [5, 5.41) is 12.7. The van der Waals surface area contributed by atoms with Crippen molar-refractivity contribution in [1.29, 1.82) is 0 Å². The molecular formula is C24H36N2O2. The highest BCUT2D eigenvalue weighted by molar-refractivity contribution is 5.88. The van der Waals surface area contributed by atoms with E-state index >= 15 is 0 Å². The Morgan fingerprint density at radius 1 is 0.893 bits per heavy atom. The number of benzene rings is 2. The Labute approximate surface area is 170 Å². The van der Waals surface area contributed by atoms with Gasteiger partial charge in [-0.25, -0.2) is 0 Å². The number of fused-ring (bicyclic) bond motifs is 1. The van der Waals surface area contributed by atoms with E-state index in [4.69, 9.17) is 4.74 Å². The van der Waals surface area contributed by atoms with Crippen molar-refractivity contribution < 1.29 is 9.84 Å². The Balaban J connectivity index is 1.35. The molecule has 0 radical (unpaired) electrons. The van der Waals surface area contributed by atoms with Gasteiger partial charge in [-0.3, -0.25) is 4.90 Å². The van der Waals surface area contributed by atoms with E-state index < -0.39 is 6.10 Å². The van der Waals surface area contributed by atoms with Gasteiger partial charge in [0.2, 0.25) is 0 Å². The van der Waals surface area contributed by atoms with Gasteiger partial charge < -0.3 is 14.7 Å². The molecule has 1 aliphatic rings. The van der Waals surface area contributed by atoms with Crippen molar-refractivity contribution in [1.82, 2.24) is 9.80 Å². The molecule has 1 saturated heterocycles. The number of β-amino-alcohol motifs (C(OH)–C–C–N with tert-alkyl or cyclic N) is 1. The molecular weight excluding hydrogens is 348 g/mol. The number of ether oxygens (including phenoxy) is 1. The van der Waals surface area contributed by atoms with Crippen molar-refractivity contribution in [3.8, 4) is 5.75 Å². The van der Waals surface area contributed by atoms with Gasteiger partial charge in [0, 0.05) is 38.1 Å². The summed E-state index contributed by atoms with van der Waals surface area (Å²) >= 11 is 0. The largest absolute Gasteiger partial charge is 0.490 e. The Morgan fingerprint density at radius 2 is 1.61 bits per heavy atom. The van der Waals surface area contributed by atoms with Crippen LogP contribution in [0, 0.1) is 0 Å². The zero-order valence-corrected chi connectivity index (χ0v) is 17.4. The van der Waals surface area contributed by atoms with E-state index in [1.165, 1.54) is 44.0 Å². The van der Waals surface area contributed by atoms with Crippen LogP contribution in [0.15, 0.2) is 42.5 Å². The summed E-state index contributed by atoms with van der Waals surface area (Å²) in [6.07, 6.45) is 6.27. The number of aliphatic hydroxyl groups excluding tert-OH is 1. The van der Waals surface area contributed by atoms with Crippen molar-refractivity contribution in [3.63, 3.8) is 0 Å². The minimum atomic E-state index is -0.459. The molecule has 28 heavy (non-hydrogen) atoms. The standard InChI is InChI=1S/C24H36N2O2/c1-2-3-4-5-8-14-25-15-17-26(18-16-25)19-22(27)20-28-24-13-9-11-21-10-6-7-12-23(21)24/h6-7,9-13,22,27H,2-5,8,14-20H2,1H3. The molecule has 2 aromatic rings. The molecule has 1 heterocycles. The highest BCUT2D eigenvalue weighted by Crippen LogP contribution is 2.25. The average molecular weight is 385 g/mol. The monoisotopic (exact) mass is 384 g/mol. The van der Waals surface area contributed by atoms with Crippen molar-refractivity contribution in [2.75, 3.05) is 45.9 Å². The van der Waals surface area contributed by atoms with Crippen LogP contribution in [0.4, 0.5) is 0 Å². The molecule has 0 aliphatic carbocycles. The summed E-state index contributed by atoms with van der Waals surface area (Å²) < 4.78 is 5.94. The van der Waals surface area contributed by atoms with Crippen LogP contribution in [0.3, 0.4) is 0 Å². The fourth-order valence-electron chi connectivity index (χ4n) is 3.99. The number of nitrogens with zero attached hydrogens (tertiary/aromatic N) is 2. The van der Waals surface area contributed by atoms with E-state index in [1.807, 2.05) is 24.3 Å². The molecule has 0 aromatic heterocycles. The molecule has 1 aliphatic heterocycles. The summed E-state index contributed by atoms with van der Waals surface area (Å²) in [5.74, 6) is 0.852. The van der Waals surface area contributed by atoms with Gasteiger partial charge in [0.05, 0.1) is 0 Å². The van der Waals surface area contributed by atoms with Gasteiger partial charge in [0.1, 0.15) is 18.5 Å². The summed E-state index contributed by atoms with van der Waals surface area (Å²) in [6.45, 7) is 8.84. The lowest BCUT2D eigenvalue weighted by atomic mass is 10.1. The fraction of sp³-hybridized carbons (Fsp3) is 0.583. The topological polar surface area (TPSA) is 35.9 Å². The van der Waals surface area contributed by atoms with Gasteiger partial charge in [-0.05, 0) is 24.4 Å². The molecule has 3 rings (SSSR count). The molecule has 4 nitrogen and oxygen atoms in total. The van der Waals surface area contributed by atoms with Crippen LogP contribution in [0.1, 0.15) is 39.0 Å². The van der Waals surface area contributed by atoms with Crippen LogP contribution in [-0.2, 0) is 0 Å². The highest BCUT2D eigenvalue weighted by Gasteiger charge is 2.19. The lowest BCUT2D eigenvalue weighted by Gasteiger charge is -2.35. The molecule has 1 atom stereocenters. The Bertz CT molecular complexity index is 693. The number of hydrogen-bond donors (Lipinski definition) is 1. The van der Waals surface area contributed by atoms with Gasteiger partial charge >= 0.3 is 0 Å². The minimum absolute atomic E-state index is 0.339. The maximum atomic E-state index is 10.4. The third-order valence-corrected chi connectivity index (χ3v) is 5.69. The number of hydrogen-bond acceptors (Lipinski definition) is 4. The number of rotatable bonds is 11. The van der Waals surface area contributed by atoms with Crippen LogP contribution in [0.2, 0.25) is 0 Å². The molecule has 1 N–H and O–H groups in total. The van der Waals surface area contributed by atoms with E-state index in [0.717, 1.165) is 37.3 Å². The third-order valence-electron chi connectivity index (χ3n) is 5.69. The second kappa shape index (κ2) is 11.4. The van der Waals surface area contributed by atoms with E-state index in [2.05, 4.69) is 34.9 Å². The van der Waals surface area contributed by atoms with Crippen LogP contribution in [-0.4, -0.2) is 66.9 Å². The van der Waals surface area contributed by atoms with Crippen molar-refractivity contribution in [2.45, 2.75) is 45.1 Å². The smallest absolute Gasteiger partial charge is 0.127 e. The van der Waals surface area contributed by atoms with Crippen LogP contribution in [0.25, 0.3) is 10.8 Å². The molecule has 4 heteroatoms. The lowest BCUT2D eigenvalue weighted by Crippen LogP contribution is -2.49. The van der Waals surface area contributed by atoms with Gasteiger partial charge in [-0.1, -0.05) is 69.0 Å². The molecule has 1 fully saturated rings. The minimum Gasteiger partial charge on any atom is -0.490 e. The molecule has 2 aromatic carbocycles. The highest BCUT2D eigenvalue weighted by atomic mass is 16.5. The lowest BCUT2D eigenvalue weighted by molar-refractivity contribution is 0.0461. The van der Waals surface area contributed by atoms with Crippen LogP contribution < -0.4 is 4.74 Å². The van der Waals surface area contributed by atoms with Gasteiger partial charge in [-0.2, -0.15) is 0 Å². The molecule has 0 amide bonds. The number of aliphatic hydroxyl groups is 1. The SMILES string of the molecule is CCCCCCCN1CCN(CC(O)COc2cccc3ccccc23)CC1.